The lowest BCUT2D eigenvalue weighted by Crippen LogP contribution is -2.33. The number of ether oxygens (including phenoxy) is 2. The lowest BCUT2D eigenvalue weighted by atomic mass is 9.77. The van der Waals surface area contributed by atoms with Crippen LogP contribution in [0.1, 0.15) is 80.3 Å². The van der Waals surface area contributed by atoms with Gasteiger partial charge in [0.05, 0.1) is 32.4 Å². The molecular weight excluding hydrogens is 406 g/mol. The summed E-state index contributed by atoms with van der Waals surface area (Å²) in [6.07, 6.45) is 5.78. The normalized spacial score (nSPS) is 12.8. The molecule has 1 aromatic rings. The van der Waals surface area contributed by atoms with Gasteiger partial charge in [-0.05, 0) is 22.7 Å². The van der Waals surface area contributed by atoms with E-state index in [0.29, 0.717) is 39.1 Å². The van der Waals surface area contributed by atoms with E-state index in [1.54, 1.807) is 12.5 Å². The number of hydrogen-bond donors (Lipinski definition) is 1. The fourth-order valence-corrected chi connectivity index (χ4v) is 3.74. The number of nitrogens with one attached hydrogen (secondary N) is 1. The van der Waals surface area contributed by atoms with E-state index in [4.69, 9.17) is 9.47 Å². The summed E-state index contributed by atoms with van der Waals surface area (Å²) in [5, 5.41) is 0. The van der Waals surface area contributed by atoms with Crippen molar-refractivity contribution in [1.29, 1.82) is 0 Å². The molecule has 0 bridgehead atoms. The molecule has 1 N–H and O–H groups in total. The topological polar surface area (TPSA) is 84.5 Å². The largest absolute Gasteiger partial charge is 0.465 e. The Labute approximate surface area is 194 Å². The summed E-state index contributed by atoms with van der Waals surface area (Å²) in [6.45, 7) is 19.6. The van der Waals surface area contributed by atoms with Crippen molar-refractivity contribution in [2.75, 3.05) is 32.8 Å². The highest BCUT2D eigenvalue weighted by Crippen LogP contribution is 2.33. The molecule has 0 spiro atoms. The highest BCUT2D eigenvalue weighted by Gasteiger charge is 2.27. The number of carbonyl (C=O) groups excluding carboxylic acids is 2. The second-order valence-corrected chi connectivity index (χ2v) is 12.0. The molecule has 0 atom stereocenters. The fourth-order valence-electron chi connectivity index (χ4n) is 3.74. The van der Waals surface area contributed by atoms with Crippen LogP contribution >= 0.6 is 0 Å². The summed E-state index contributed by atoms with van der Waals surface area (Å²) >= 11 is 0. The first-order valence-corrected chi connectivity index (χ1v) is 11.7. The van der Waals surface area contributed by atoms with Gasteiger partial charge in [0.15, 0.2) is 0 Å². The molecule has 7 heteroatoms. The number of nitrogens with zero attached hydrogens (tertiary/aromatic N) is 2. The standard InChI is InChI=1S/C25H45N3O4/c1-23(2,3)16-25(7,8)18-32-22(30)11-14-28(12-9-20-15-26-19-27-20)13-10-21(29)31-17-24(4,5)6/h15,19H,9-14,16-18H2,1-8H3,(H,26,27). The summed E-state index contributed by atoms with van der Waals surface area (Å²) < 4.78 is 11.0. The number of H-pyrrole nitrogens is 1. The minimum absolute atomic E-state index is 0.0551. The zero-order valence-electron chi connectivity index (χ0n) is 21.5. The molecule has 1 rings (SSSR count). The van der Waals surface area contributed by atoms with Gasteiger partial charge >= 0.3 is 11.9 Å². The molecule has 0 aliphatic rings. The minimum Gasteiger partial charge on any atom is -0.465 e. The lowest BCUT2D eigenvalue weighted by Gasteiger charge is -2.32. The Balaban J connectivity index is 2.51. The van der Waals surface area contributed by atoms with E-state index < -0.39 is 0 Å². The Bertz CT molecular complexity index is 685. The van der Waals surface area contributed by atoms with Crippen LogP contribution in [0.25, 0.3) is 0 Å². The van der Waals surface area contributed by atoms with Crippen LogP contribution in [0, 0.1) is 16.2 Å². The Hall–Kier alpha value is -1.89. The number of esters is 2. The average Bonchev–Trinajstić information content (AvgIpc) is 3.15. The Morgan fingerprint density at radius 2 is 1.44 bits per heavy atom. The van der Waals surface area contributed by atoms with Gasteiger partial charge in [0, 0.05) is 37.9 Å². The maximum Gasteiger partial charge on any atom is 0.307 e. The number of aromatic amines is 1. The third-order valence-electron chi connectivity index (χ3n) is 4.82. The number of rotatable bonds is 13. The molecule has 0 aliphatic heterocycles. The van der Waals surface area contributed by atoms with Crippen molar-refractivity contribution in [1.82, 2.24) is 14.9 Å². The highest BCUT2D eigenvalue weighted by molar-refractivity contribution is 5.70. The molecule has 1 heterocycles. The number of imidazole rings is 1. The third-order valence-corrected chi connectivity index (χ3v) is 4.82. The second-order valence-electron chi connectivity index (χ2n) is 12.0. The van der Waals surface area contributed by atoms with Crippen LogP contribution in [0.15, 0.2) is 12.5 Å². The smallest absolute Gasteiger partial charge is 0.307 e. The molecule has 0 fully saturated rings. The van der Waals surface area contributed by atoms with E-state index in [2.05, 4.69) is 49.5 Å². The van der Waals surface area contributed by atoms with Crippen molar-refractivity contribution in [3.63, 3.8) is 0 Å². The zero-order valence-corrected chi connectivity index (χ0v) is 21.5. The molecule has 0 aliphatic carbocycles. The van der Waals surface area contributed by atoms with Crippen LogP contribution in [-0.4, -0.2) is 59.7 Å². The first-order chi connectivity index (χ1) is 14.7. The Morgan fingerprint density at radius 1 is 0.875 bits per heavy atom. The molecule has 0 saturated heterocycles. The van der Waals surface area contributed by atoms with Gasteiger partial charge in [0.2, 0.25) is 0 Å². The number of carbonyl (C=O) groups is 2. The first kappa shape index (κ1) is 28.1. The van der Waals surface area contributed by atoms with Crippen molar-refractivity contribution in [2.24, 2.45) is 16.2 Å². The average molecular weight is 452 g/mol. The Kier molecular flexibility index (Phi) is 10.9. The molecule has 0 aromatic carbocycles. The van der Waals surface area contributed by atoms with Crippen LogP contribution < -0.4 is 0 Å². The second kappa shape index (κ2) is 12.4. The van der Waals surface area contributed by atoms with Gasteiger partial charge in [-0.1, -0.05) is 55.4 Å². The predicted octanol–water partition coefficient (Wildman–Crippen LogP) is 4.63. The molecule has 0 saturated carbocycles. The Morgan fingerprint density at radius 3 is 1.91 bits per heavy atom. The van der Waals surface area contributed by atoms with E-state index in [9.17, 15) is 9.59 Å². The highest BCUT2D eigenvalue weighted by atomic mass is 16.5. The summed E-state index contributed by atoms with van der Waals surface area (Å²) in [5.41, 5.74) is 1.09. The van der Waals surface area contributed by atoms with Gasteiger partial charge in [-0.2, -0.15) is 0 Å². The monoisotopic (exact) mass is 451 g/mol. The minimum atomic E-state index is -0.210. The van der Waals surface area contributed by atoms with Gasteiger partial charge < -0.3 is 19.4 Å². The van der Waals surface area contributed by atoms with E-state index in [0.717, 1.165) is 25.1 Å². The molecule has 0 radical (unpaired) electrons. The van der Waals surface area contributed by atoms with E-state index in [1.165, 1.54) is 0 Å². The molecule has 32 heavy (non-hydrogen) atoms. The van der Waals surface area contributed by atoms with Gasteiger partial charge in [-0.15, -0.1) is 0 Å². The summed E-state index contributed by atoms with van der Waals surface area (Å²) in [4.78, 5) is 33.8. The summed E-state index contributed by atoms with van der Waals surface area (Å²) in [7, 11) is 0. The maximum atomic E-state index is 12.4. The van der Waals surface area contributed by atoms with Crippen LogP contribution in [0.5, 0.6) is 0 Å². The van der Waals surface area contributed by atoms with Gasteiger partial charge in [0.25, 0.3) is 0 Å². The molecular formula is C25H45N3O4. The molecule has 0 amide bonds. The van der Waals surface area contributed by atoms with Crippen molar-refractivity contribution in [3.05, 3.63) is 18.2 Å². The van der Waals surface area contributed by atoms with Gasteiger partial charge in [0.1, 0.15) is 0 Å². The molecule has 1 aromatic heterocycles. The third kappa shape index (κ3) is 14.2. The number of hydrogen-bond acceptors (Lipinski definition) is 6. The van der Waals surface area contributed by atoms with Gasteiger partial charge in [-0.3, -0.25) is 9.59 Å². The first-order valence-electron chi connectivity index (χ1n) is 11.7. The zero-order chi connectivity index (χ0) is 24.4. The quantitative estimate of drug-likeness (QED) is 0.440. The SMILES string of the molecule is CC(C)(C)COC(=O)CCN(CCC(=O)OCC(C)(C)CC(C)(C)C)CCc1cnc[nH]1. The molecule has 184 valence electrons. The van der Waals surface area contributed by atoms with Crippen molar-refractivity contribution in [2.45, 2.75) is 81.1 Å². The number of aromatic nitrogens is 2. The van der Waals surface area contributed by atoms with Crippen molar-refractivity contribution in [3.8, 4) is 0 Å². The molecule has 7 nitrogen and oxygen atoms in total. The predicted molar refractivity (Wildman–Crippen MR) is 127 cm³/mol. The van der Waals surface area contributed by atoms with E-state index in [1.807, 2.05) is 20.8 Å². The summed E-state index contributed by atoms with van der Waals surface area (Å²) in [6, 6.07) is 0. The van der Waals surface area contributed by atoms with E-state index >= 15 is 0 Å². The van der Waals surface area contributed by atoms with Crippen molar-refractivity contribution < 1.29 is 19.1 Å². The lowest BCUT2D eigenvalue weighted by molar-refractivity contribution is -0.147. The van der Waals surface area contributed by atoms with Crippen LogP contribution in [0.2, 0.25) is 0 Å². The van der Waals surface area contributed by atoms with Crippen molar-refractivity contribution >= 4 is 11.9 Å². The van der Waals surface area contributed by atoms with Gasteiger partial charge in [-0.25, -0.2) is 4.98 Å². The summed E-state index contributed by atoms with van der Waals surface area (Å²) in [5.74, 6) is -0.410. The molecule has 0 unspecified atom stereocenters. The van der Waals surface area contributed by atoms with Crippen LogP contribution in [0.3, 0.4) is 0 Å². The van der Waals surface area contributed by atoms with Crippen LogP contribution in [0.4, 0.5) is 0 Å². The maximum absolute atomic E-state index is 12.4. The van der Waals surface area contributed by atoms with Crippen LogP contribution in [-0.2, 0) is 25.5 Å². The van der Waals surface area contributed by atoms with E-state index in [-0.39, 0.29) is 28.2 Å². The fraction of sp³-hybridized carbons (Fsp3) is 0.800.